The first kappa shape index (κ1) is 15.9. The fraction of sp³-hybridized carbons (Fsp3) is 0.571. The van der Waals surface area contributed by atoms with Gasteiger partial charge >= 0.3 is 0 Å². The van der Waals surface area contributed by atoms with E-state index in [2.05, 4.69) is 10.3 Å². The first-order valence-corrected chi connectivity index (χ1v) is 8.73. The van der Waals surface area contributed by atoms with E-state index in [0.29, 0.717) is 13.1 Å². The molecule has 0 unspecified atom stereocenters. The van der Waals surface area contributed by atoms with Gasteiger partial charge in [0.25, 0.3) is 0 Å². The average molecular weight is 311 g/mol. The van der Waals surface area contributed by atoms with Gasteiger partial charge in [0, 0.05) is 25.7 Å². The topological polar surface area (TPSA) is 79.4 Å². The van der Waals surface area contributed by atoms with Crippen molar-refractivity contribution in [1.29, 1.82) is 0 Å². The molecule has 1 fully saturated rings. The van der Waals surface area contributed by atoms with Crippen molar-refractivity contribution >= 4 is 15.9 Å². The fourth-order valence-electron chi connectivity index (χ4n) is 2.59. The zero-order valence-electron chi connectivity index (χ0n) is 12.4. The number of rotatable bonds is 5. The van der Waals surface area contributed by atoms with Crippen LogP contribution in [0.3, 0.4) is 0 Å². The number of amides is 1. The molecule has 1 aromatic rings. The molecule has 1 aliphatic heterocycles. The van der Waals surface area contributed by atoms with Crippen LogP contribution in [0.5, 0.6) is 0 Å². The van der Waals surface area contributed by atoms with Crippen molar-refractivity contribution in [3.05, 3.63) is 29.6 Å². The van der Waals surface area contributed by atoms with Gasteiger partial charge in [0.1, 0.15) is 0 Å². The number of hydrogen-bond donors (Lipinski definition) is 1. The highest BCUT2D eigenvalue weighted by atomic mass is 32.2. The Hall–Kier alpha value is -1.47. The van der Waals surface area contributed by atoms with Crippen LogP contribution in [0.1, 0.15) is 44.0 Å². The van der Waals surface area contributed by atoms with Crippen LogP contribution in [-0.2, 0) is 21.4 Å². The molecule has 1 aliphatic rings. The normalized spacial score (nSPS) is 19.6. The van der Waals surface area contributed by atoms with Crippen LogP contribution in [0.4, 0.5) is 0 Å². The summed E-state index contributed by atoms with van der Waals surface area (Å²) in [6.07, 6.45) is 3.36. The third kappa shape index (κ3) is 3.79. The van der Waals surface area contributed by atoms with Crippen LogP contribution in [0.2, 0.25) is 0 Å². The van der Waals surface area contributed by atoms with Crippen LogP contribution in [0.25, 0.3) is 0 Å². The molecule has 6 nitrogen and oxygen atoms in total. The summed E-state index contributed by atoms with van der Waals surface area (Å²) in [5.41, 5.74) is 1.68. The molecule has 1 aromatic heterocycles. The lowest BCUT2D eigenvalue weighted by molar-refractivity contribution is -0.119. The van der Waals surface area contributed by atoms with E-state index in [9.17, 15) is 13.2 Å². The number of carbonyl (C=O) groups is 1. The van der Waals surface area contributed by atoms with Crippen LogP contribution >= 0.6 is 0 Å². The van der Waals surface area contributed by atoms with Crippen molar-refractivity contribution in [2.24, 2.45) is 0 Å². The average Bonchev–Trinajstić information content (AvgIpc) is 2.95. The highest BCUT2D eigenvalue weighted by Gasteiger charge is 2.34. The summed E-state index contributed by atoms with van der Waals surface area (Å²) in [6.45, 7) is 4.05. The van der Waals surface area contributed by atoms with Crippen molar-refractivity contribution < 1.29 is 13.2 Å². The van der Waals surface area contributed by atoms with E-state index >= 15 is 0 Å². The molecular weight excluding hydrogens is 290 g/mol. The largest absolute Gasteiger partial charge is 0.351 e. The van der Waals surface area contributed by atoms with Gasteiger partial charge in [-0.15, -0.1) is 0 Å². The summed E-state index contributed by atoms with van der Waals surface area (Å²) in [6, 6.07) is 3.62. The smallest absolute Gasteiger partial charge is 0.217 e. The van der Waals surface area contributed by atoms with Gasteiger partial charge in [0.2, 0.25) is 15.9 Å². The van der Waals surface area contributed by atoms with Crippen molar-refractivity contribution in [1.82, 2.24) is 14.6 Å². The third-order valence-corrected chi connectivity index (χ3v) is 5.55. The summed E-state index contributed by atoms with van der Waals surface area (Å²) in [5.74, 6) is 0.00566. The summed E-state index contributed by atoms with van der Waals surface area (Å²) in [7, 11) is -3.19. The maximum atomic E-state index is 12.1. The third-order valence-electron chi connectivity index (χ3n) is 3.67. The minimum atomic E-state index is -3.19. The van der Waals surface area contributed by atoms with E-state index in [0.717, 1.165) is 24.1 Å². The van der Waals surface area contributed by atoms with Crippen LogP contribution in [-0.4, -0.2) is 35.9 Å². The lowest BCUT2D eigenvalue weighted by atomic mass is 10.1. The monoisotopic (exact) mass is 311 g/mol. The molecule has 0 saturated carbocycles. The second kappa shape index (κ2) is 6.53. The molecule has 0 aliphatic carbocycles. The highest BCUT2D eigenvalue weighted by molar-refractivity contribution is 7.89. The second-order valence-corrected chi connectivity index (χ2v) is 7.37. The molecule has 7 heteroatoms. The molecule has 2 heterocycles. The summed E-state index contributed by atoms with van der Waals surface area (Å²) >= 11 is 0. The molecule has 1 N–H and O–H groups in total. The van der Waals surface area contributed by atoms with E-state index in [1.807, 2.05) is 12.1 Å². The molecule has 21 heavy (non-hydrogen) atoms. The number of nitrogens with zero attached hydrogens (tertiary/aromatic N) is 2. The maximum Gasteiger partial charge on any atom is 0.217 e. The van der Waals surface area contributed by atoms with Crippen molar-refractivity contribution in [3.8, 4) is 0 Å². The van der Waals surface area contributed by atoms with Crippen molar-refractivity contribution in [2.45, 2.75) is 39.3 Å². The zero-order valence-corrected chi connectivity index (χ0v) is 13.2. The van der Waals surface area contributed by atoms with Crippen molar-refractivity contribution in [3.63, 3.8) is 0 Å². The van der Waals surface area contributed by atoms with E-state index in [1.165, 1.54) is 6.92 Å². The highest BCUT2D eigenvalue weighted by Crippen LogP contribution is 2.34. The summed E-state index contributed by atoms with van der Waals surface area (Å²) in [5, 5.41) is 2.70. The summed E-state index contributed by atoms with van der Waals surface area (Å²) < 4.78 is 25.9. The maximum absolute atomic E-state index is 12.1. The van der Waals surface area contributed by atoms with Crippen LogP contribution in [0, 0.1) is 0 Å². The number of sulfonamides is 1. The molecule has 1 amide bonds. The predicted molar refractivity (Wildman–Crippen MR) is 79.9 cm³/mol. The number of nitrogens with one attached hydrogen (secondary N) is 1. The number of carbonyl (C=O) groups excluding carboxylic acids is 1. The fourth-order valence-corrected chi connectivity index (χ4v) is 3.94. The van der Waals surface area contributed by atoms with Gasteiger partial charge in [-0.25, -0.2) is 8.42 Å². The van der Waals surface area contributed by atoms with Crippen LogP contribution in [0.15, 0.2) is 18.3 Å². The molecule has 116 valence electrons. The lowest BCUT2D eigenvalue weighted by Gasteiger charge is -2.24. The van der Waals surface area contributed by atoms with E-state index in [-0.39, 0.29) is 17.7 Å². The number of hydrogen-bond acceptors (Lipinski definition) is 4. The second-order valence-electron chi connectivity index (χ2n) is 5.16. The van der Waals surface area contributed by atoms with Crippen molar-refractivity contribution in [2.75, 3.05) is 12.3 Å². The van der Waals surface area contributed by atoms with E-state index in [1.54, 1.807) is 17.4 Å². The molecule has 0 bridgehead atoms. The molecule has 0 spiro atoms. The molecule has 2 rings (SSSR count). The minimum Gasteiger partial charge on any atom is -0.351 e. The predicted octanol–water partition coefficient (Wildman–Crippen LogP) is 1.20. The molecule has 1 saturated heterocycles. The Morgan fingerprint density at radius 2 is 2.29 bits per heavy atom. The van der Waals surface area contributed by atoms with Crippen LogP contribution < -0.4 is 5.32 Å². The Morgan fingerprint density at radius 3 is 2.95 bits per heavy atom. The minimum absolute atomic E-state index is 0.113. The van der Waals surface area contributed by atoms with Gasteiger partial charge in [0.15, 0.2) is 0 Å². The first-order chi connectivity index (χ1) is 9.94. The Kier molecular flexibility index (Phi) is 4.95. The molecular formula is C14H21N3O3S. The Morgan fingerprint density at radius 1 is 1.52 bits per heavy atom. The van der Waals surface area contributed by atoms with Gasteiger partial charge in [-0.05, 0) is 37.5 Å². The van der Waals surface area contributed by atoms with Gasteiger partial charge in [0.05, 0.1) is 18.0 Å². The van der Waals surface area contributed by atoms with E-state index in [4.69, 9.17) is 0 Å². The Bertz CT molecular complexity index is 616. The molecule has 0 radical (unpaired) electrons. The number of pyridine rings is 1. The standard InChI is InChI=1S/C14H21N3O3S/c1-3-21(19,20)17-8-4-5-14(17)12-6-7-15-13(9-12)10-16-11(2)18/h6-7,9,14H,3-5,8,10H2,1-2H3,(H,16,18)/t14-/m1/s1. The lowest BCUT2D eigenvalue weighted by Crippen LogP contribution is -2.32. The van der Waals surface area contributed by atoms with Gasteiger partial charge in [-0.2, -0.15) is 4.31 Å². The number of aromatic nitrogens is 1. The van der Waals surface area contributed by atoms with Gasteiger partial charge < -0.3 is 5.32 Å². The van der Waals surface area contributed by atoms with E-state index < -0.39 is 10.0 Å². The SMILES string of the molecule is CCS(=O)(=O)N1CCC[C@@H]1c1ccnc(CNC(C)=O)c1. The zero-order chi connectivity index (χ0) is 15.5. The van der Waals surface area contributed by atoms with Gasteiger partial charge in [-0.3, -0.25) is 9.78 Å². The Balaban J connectivity index is 2.21. The van der Waals surface area contributed by atoms with Gasteiger partial charge in [-0.1, -0.05) is 0 Å². The quantitative estimate of drug-likeness (QED) is 0.886. The molecule has 0 aromatic carbocycles. The molecule has 1 atom stereocenters. The Labute approximate surface area is 125 Å². The summed E-state index contributed by atoms with van der Waals surface area (Å²) in [4.78, 5) is 15.2. The first-order valence-electron chi connectivity index (χ1n) is 7.13.